The van der Waals surface area contributed by atoms with E-state index in [1.54, 1.807) is 26.9 Å². The summed E-state index contributed by atoms with van der Waals surface area (Å²) in [7, 11) is 1.89. The van der Waals surface area contributed by atoms with E-state index in [2.05, 4.69) is 34.0 Å². The van der Waals surface area contributed by atoms with E-state index in [1.807, 2.05) is 19.3 Å². The van der Waals surface area contributed by atoms with Crippen molar-refractivity contribution in [2.75, 3.05) is 0 Å². The average Bonchev–Trinajstić information content (AvgIpc) is 3.13. The molecule has 0 aliphatic rings. The molecule has 4 aromatic rings. The van der Waals surface area contributed by atoms with Crippen LogP contribution in [0.5, 0.6) is 0 Å². The van der Waals surface area contributed by atoms with Gasteiger partial charge in [-0.15, -0.1) is 16.4 Å². The molecule has 106 valence electrons. The van der Waals surface area contributed by atoms with Crippen molar-refractivity contribution >= 4 is 27.2 Å². The van der Waals surface area contributed by atoms with Crippen molar-refractivity contribution in [2.24, 2.45) is 7.05 Å². The van der Waals surface area contributed by atoms with Gasteiger partial charge in [0.15, 0.2) is 5.65 Å². The summed E-state index contributed by atoms with van der Waals surface area (Å²) in [5.41, 5.74) is 2.95. The van der Waals surface area contributed by atoms with Gasteiger partial charge in [-0.1, -0.05) is 6.92 Å². The number of fused-ring (bicyclic) bond motifs is 3. The van der Waals surface area contributed by atoms with Crippen LogP contribution in [-0.2, 0) is 13.5 Å². The average molecular weight is 298 g/mol. The van der Waals surface area contributed by atoms with Crippen LogP contribution in [0.1, 0.15) is 17.4 Å². The van der Waals surface area contributed by atoms with Gasteiger partial charge >= 0.3 is 0 Å². The summed E-state index contributed by atoms with van der Waals surface area (Å²) in [6.45, 7) is 4.30. The number of hydrogen-bond acceptors (Lipinski definition) is 5. The Morgan fingerprint density at radius 2 is 2.14 bits per heavy atom. The number of aromatic nitrogens is 6. The van der Waals surface area contributed by atoms with E-state index in [0.717, 1.165) is 28.0 Å². The molecule has 0 bridgehead atoms. The van der Waals surface area contributed by atoms with E-state index < -0.39 is 0 Å². The first-order valence-electron chi connectivity index (χ1n) is 6.80. The molecule has 0 amide bonds. The molecule has 0 aromatic carbocycles. The van der Waals surface area contributed by atoms with Crippen molar-refractivity contribution in [2.45, 2.75) is 20.3 Å². The SMILES string of the molecule is CCc1c(C)sc2ncn3nc(-c4ccn(C)n4)nc3c12. The molecule has 21 heavy (non-hydrogen) atoms. The zero-order chi connectivity index (χ0) is 14.6. The molecule has 0 atom stereocenters. The van der Waals surface area contributed by atoms with Crippen molar-refractivity contribution in [3.05, 3.63) is 29.0 Å². The van der Waals surface area contributed by atoms with Crippen LogP contribution in [0.25, 0.3) is 27.4 Å². The maximum absolute atomic E-state index is 4.69. The second-order valence-electron chi connectivity index (χ2n) is 4.99. The number of nitrogens with zero attached hydrogens (tertiary/aromatic N) is 6. The molecule has 0 N–H and O–H groups in total. The fraction of sp³-hybridized carbons (Fsp3) is 0.286. The zero-order valence-electron chi connectivity index (χ0n) is 12.0. The van der Waals surface area contributed by atoms with Gasteiger partial charge in [-0.05, 0) is 25.0 Å². The summed E-state index contributed by atoms with van der Waals surface area (Å²) < 4.78 is 3.50. The lowest BCUT2D eigenvalue weighted by Crippen LogP contribution is -1.91. The lowest BCUT2D eigenvalue weighted by atomic mass is 10.1. The minimum Gasteiger partial charge on any atom is -0.275 e. The van der Waals surface area contributed by atoms with E-state index in [4.69, 9.17) is 0 Å². The summed E-state index contributed by atoms with van der Waals surface area (Å²) in [6.07, 6.45) is 4.59. The number of hydrogen-bond donors (Lipinski definition) is 0. The van der Waals surface area contributed by atoms with Gasteiger partial charge in [-0.2, -0.15) is 5.10 Å². The Bertz CT molecular complexity index is 961. The maximum atomic E-state index is 4.69. The second-order valence-corrected chi connectivity index (χ2v) is 6.20. The van der Waals surface area contributed by atoms with Crippen LogP contribution >= 0.6 is 11.3 Å². The highest BCUT2D eigenvalue weighted by Crippen LogP contribution is 2.32. The topological polar surface area (TPSA) is 60.9 Å². The Labute approximate surface area is 125 Å². The van der Waals surface area contributed by atoms with Crippen molar-refractivity contribution < 1.29 is 0 Å². The second kappa shape index (κ2) is 4.36. The molecule has 0 unspecified atom stereocenters. The van der Waals surface area contributed by atoms with Gasteiger partial charge in [-0.25, -0.2) is 14.5 Å². The van der Waals surface area contributed by atoms with Crippen LogP contribution in [0, 0.1) is 6.92 Å². The molecule has 6 nitrogen and oxygen atoms in total. The van der Waals surface area contributed by atoms with Crippen LogP contribution in [-0.4, -0.2) is 29.4 Å². The van der Waals surface area contributed by atoms with Gasteiger partial charge in [0.05, 0.1) is 5.39 Å². The number of thiophene rings is 1. The fourth-order valence-corrected chi connectivity index (χ4v) is 3.71. The Balaban J connectivity index is 2.04. The van der Waals surface area contributed by atoms with Crippen LogP contribution in [0.3, 0.4) is 0 Å². The van der Waals surface area contributed by atoms with Gasteiger partial charge in [0.2, 0.25) is 5.82 Å². The predicted octanol–water partition coefficient (Wildman–Crippen LogP) is 2.61. The van der Waals surface area contributed by atoms with Crippen LogP contribution < -0.4 is 0 Å². The van der Waals surface area contributed by atoms with E-state index in [0.29, 0.717) is 5.82 Å². The fourth-order valence-electron chi connectivity index (χ4n) is 2.63. The first-order valence-corrected chi connectivity index (χ1v) is 7.62. The quantitative estimate of drug-likeness (QED) is 0.571. The Morgan fingerprint density at radius 1 is 1.29 bits per heavy atom. The molecule has 4 rings (SSSR count). The smallest absolute Gasteiger partial charge is 0.202 e. The molecule has 0 aliphatic heterocycles. The highest BCUT2D eigenvalue weighted by molar-refractivity contribution is 7.18. The largest absolute Gasteiger partial charge is 0.275 e. The molecule has 0 spiro atoms. The molecule has 0 fully saturated rings. The molecule has 0 aliphatic carbocycles. The predicted molar refractivity (Wildman–Crippen MR) is 82.5 cm³/mol. The summed E-state index contributed by atoms with van der Waals surface area (Å²) in [4.78, 5) is 11.5. The van der Waals surface area contributed by atoms with Gasteiger partial charge in [-0.3, -0.25) is 4.68 Å². The van der Waals surface area contributed by atoms with Gasteiger partial charge in [0.25, 0.3) is 0 Å². The Morgan fingerprint density at radius 3 is 2.86 bits per heavy atom. The third-order valence-electron chi connectivity index (χ3n) is 3.63. The molecular formula is C14H14N6S. The number of rotatable bonds is 2. The number of aryl methyl sites for hydroxylation is 3. The third-order valence-corrected chi connectivity index (χ3v) is 4.68. The minimum absolute atomic E-state index is 0.635. The maximum Gasteiger partial charge on any atom is 0.202 e. The molecule has 0 saturated carbocycles. The van der Waals surface area contributed by atoms with E-state index in [-0.39, 0.29) is 0 Å². The monoisotopic (exact) mass is 298 g/mol. The molecule has 0 saturated heterocycles. The van der Waals surface area contributed by atoms with Gasteiger partial charge in [0, 0.05) is 18.1 Å². The zero-order valence-corrected chi connectivity index (χ0v) is 12.8. The van der Waals surface area contributed by atoms with Gasteiger partial charge in [0.1, 0.15) is 16.9 Å². The first-order chi connectivity index (χ1) is 10.2. The highest BCUT2D eigenvalue weighted by Gasteiger charge is 2.16. The lowest BCUT2D eigenvalue weighted by molar-refractivity contribution is 0.768. The summed E-state index contributed by atoms with van der Waals surface area (Å²) in [6, 6.07) is 1.92. The normalized spacial score (nSPS) is 11.8. The standard InChI is InChI=1S/C14H14N6S/c1-4-9-8(2)21-14-11(9)13-16-12(18-20(13)7-15-14)10-5-6-19(3)17-10/h5-7H,4H2,1-3H3. The lowest BCUT2D eigenvalue weighted by Gasteiger charge is -1.96. The molecule has 0 radical (unpaired) electrons. The van der Waals surface area contributed by atoms with Crippen LogP contribution in [0.15, 0.2) is 18.6 Å². The molecular weight excluding hydrogens is 284 g/mol. The van der Waals surface area contributed by atoms with Crippen molar-refractivity contribution in [1.29, 1.82) is 0 Å². The van der Waals surface area contributed by atoms with Crippen LogP contribution in [0.2, 0.25) is 0 Å². The van der Waals surface area contributed by atoms with E-state index in [1.165, 1.54) is 10.4 Å². The van der Waals surface area contributed by atoms with Crippen molar-refractivity contribution in [1.82, 2.24) is 29.4 Å². The summed E-state index contributed by atoms with van der Waals surface area (Å²) in [5, 5.41) is 9.99. The Kier molecular flexibility index (Phi) is 2.58. The summed E-state index contributed by atoms with van der Waals surface area (Å²) >= 11 is 1.72. The molecule has 7 heteroatoms. The van der Waals surface area contributed by atoms with Crippen LogP contribution in [0.4, 0.5) is 0 Å². The van der Waals surface area contributed by atoms with E-state index >= 15 is 0 Å². The molecule has 4 heterocycles. The first kappa shape index (κ1) is 12.5. The van der Waals surface area contributed by atoms with Crippen molar-refractivity contribution in [3.8, 4) is 11.5 Å². The molecule has 4 aromatic heterocycles. The Hall–Kier alpha value is -2.28. The summed E-state index contributed by atoms with van der Waals surface area (Å²) in [5.74, 6) is 0.635. The third kappa shape index (κ3) is 1.77. The van der Waals surface area contributed by atoms with Crippen molar-refractivity contribution in [3.63, 3.8) is 0 Å². The minimum atomic E-state index is 0.635. The van der Waals surface area contributed by atoms with Gasteiger partial charge < -0.3 is 0 Å². The van der Waals surface area contributed by atoms with E-state index in [9.17, 15) is 0 Å². The highest BCUT2D eigenvalue weighted by atomic mass is 32.1.